The molecule has 1 rings (SSSR count). The first kappa shape index (κ1) is 14.1. The highest BCUT2D eigenvalue weighted by Gasteiger charge is 2.23. The quantitative estimate of drug-likeness (QED) is 0.788. The maximum atomic E-state index is 5.89. The van der Waals surface area contributed by atoms with Crippen LogP contribution in [0.3, 0.4) is 0 Å². The highest BCUT2D eigenvalue weighted by molar-refractivity contribution is 5.03. The molecule has 0 aliphatic carbocycles. The minimum absolute atomic E-state index is 0.221. The topological polar surface area (TPSA) is 42.1 Å². The smallest absolute Gasteiger partial charge is 0.0543 e. The van der Waals surface area contributed by atoms with Crippen LogP contribution in [0.25, 0.3) is 0 Å². The number of rotatable bonds is 7. The normalized spacial score (nSPS) is 14.9. The summed E-state index contributed by atoms with van der Waals surface area (Å²) in [5, 5.41) is 0. The molecule has 0 aliphatic heterocycles. The predicted octanol–water partition coefficient (Wildman–Crippen LogP) is 2.28. The Kier molecular flexibility index (Phi) is 5.59. The summed E-state index contributed by atoms with van der Waals surface area (Å²) in [6.45, 7) is 7.14. The van der Waals surface area contributed by atoms with Gasteiger partial charge in [0.1, 0.15) is 0 Å². The Bertz CT molecular complexity index is 313. The lowest BCUT2D eigenvalue weighted by Crippen LogP contribution is -2.38. The van der Waals surface area contributed by atoms with Gasteiger partial charge in [0.15, 0.2) is 0 Å². The zero-order chi connectivity index (χ0) is 12.7. The molecule has 1 aromatic heterocycles. The van der Waals surface area contributed by atoms with Gasteiger partial charge in [0.05, 0.1) is 5.69 Å². The number of aromatic nitrogens is 1. The van der Waals surface area contributed by atoms with Gasteiger partial charge in [-0.1, -0.05) is 26.3 Å². The molecule has 3 nitrogen and oxygen atoms in total. The summed E-state index contributed by atoms with van der Waals surface area (Å²) in [6.07, 6.45) is 4.21. The first-order valence-electron chi connectivity index (χ1n) is 6.38. The van der Waals surface area contributed by atoms with E-state index in [0.717, 1.165) is 25.3 Å². The Morgan fingerprint density at radius 2 is 2.18 bits per heavy atom. The van der Waals surface area contributed by atoms with Gasteiger partial charge in [0, 0.05) is 19.3 Å². The Morgan fingerprint density at radius 3 is 2.71 bits per heavy atom. The van der Waals surface area contributed by atoms with Crippen LogP contribution in [0.5, 0.6) is 0 Å². The highest BCUT2D eigenvalue weighted by atomic mass is 15.1. The van der Waals surface area contributed by atoms with Crippen LogP contribution in [-0.4, -0.2) is 30.0 Å². The van der Waals surface area contributed by atoms with Gasteiger partial charge in [-0.2, -0.15) is 0 Å². The fraction of sp³-hybridized carbons (Fsp3) is 0.643. The van der Waals surface area contributed by atoms with E-state index in [9.17, 15) is 0 Å². The molecule has 96 valence electrons. The number of hydrogen-bond donors (Lipinski definition) is 1. The van der Waals surface area contributed by atoms with Crippen LogP contribution >= 0.6 is 0 Å². The molecular formula is C14H25N3. The van der Waals surface area contributed by atoms with Crippen molar-refractivity contribution in [3.05, 3.63) is 30.1 Å². The number of hydrogen-bond acceptors (Lipinski definition) is 3. The van der Waals surface area contributed by atoms with Gasteiger partial charge >= 0.3 is 0 Å². The molecule has 1 aromatic rings. The average molecular weight is 235 g/mol. The van der Waals surface area contributed by atoms with Crippen LogP contribution in [0.2, 0.25) is 0 Å². The van der Waals surface area contributed by atoms with Gasteiger partial charge in [-0.05, 0) is 37.6 Å². The summed E-state index contributed by atoms with van der Waals surface area (Å²) in [7, 11) is 2.14. The molecular weight excluding hydrogens is 210 g/mol. The van der Waals surface area contributed by atoms with Crippen molar-refractivity contribution < 1.29 is 0 Å². The molecule has 0 amide bonds. The SMILES string of the molecule is CCCC(C)(CN)CN(C)Cc1ccccn1. The molecule has 0 bridgehead atoms. The van der Waals surface area contributed by atoms with Crippen LogP contribution in [-0.2, 0) is 6.54 Å². The molecule has 0 fully saturated rings. The van der Waals surface area contributed by atoms with Crippen LogP contribution in [0.1, 0.15) is 32.4 Å². The molecule has 1 atom stereocenters. The van der Waals surface area contributed by atoms with Crippen LogP contribution in [0.15, 0.2) is 24.4 Å². The van der Waals surface area contributed by atoms with Crippen LogP contribution < -0.4 is 5.73 Å². The second kappa shape index (κ2) is 6.72. The van der Waals surface area contributed by atoms with E-state index in [1.807, 2.05) is 18.3 Å². The van der Waals surface area contributed by atoms with E-state index in [2.05, 4.69) is 36.8 Å². The molecule has 0 aliphatic rings. The van der Waals surface area contributed by atoms with Crippen molar-refractivity contribution >= 4 is 0 Å². The minimum atomic E-state index is 0.221. The second-order valence-corrected chi connectivity index (χ2v) is 5.26. The average Bonchev–Trinajstić information content (AvgIpc) is 2.30. The monoisotopic (exact) mass is 235 g/mol. The number of nitrogens with zero attached hydrogens (tertiary/aromatic N) is 2. The largest absolute Gasteiger partial charge is 0.330 e. The zero-order valence-corrected chi connectivity index (χ0v) is 11.3. The van der Waals surface area contributed by atoms with Crippen molar-refractivity contribution in [2.24, 2.45) is 11.1 Å². The van der Waals surface area contributed by atoms with E-state index in [-0.39, 0.29) is 5.41 Å². The third-order valence-corrected chi connectivity index (χ3v) is 3.16. The summed E-state index contributed by atoms with van der Waals surface area (Å²) in [6, 6.07) is 6.05. The molecule has 2 N–H and O–H groups in total. The standard InChI is InChI=1S/C14H25N3/c1-4-8-14(2,11-15)12-17(3)10-13-7-5-6-9-16-13/h5-7,9H,4,8,10-12,15H2,1-3H3. The van der Waals surface area contributed by atoms with E-state index in [1.54, 1.807) is 0 Å². The molecule has 0 saturated heterocycles. The molecule has 0 spiro atoms. The number of pyridine rings is 1. The fourth-order valence-corrected chi connectivity index (χ4v) is 2.32. The summed E-state index contributed by atoms with van der Waals surface area (Å²) in [5.41, 5.74) is 7.23. The Balaban J connectivity index is 2.51. The molecule has 3 heteroatoms. The van der Waals surface area contributed by atoms with Crippen molar-refractivity contribution in [1.82, 2.24) is 9.88 Å². The predicted molar refractivity (Wildman–Crippen MR) is 72.6 cm³/mol. The molecule has 17 heavy (non-hydrogen) atoms. The zero-order valence-electron chi connectivity index (χ0n) is 11.3. The van der Waals surface area contributed by atoms with Crippen molar-refractivity contribution in [2.45, 2.75) is 33.2 Å². The Hall–Kier alpha value is -0.930. The van der Waals surface area contributed by atoms with E-state index >= 15 is 0 Å². The van der Waals surface area contributed by atoms with E-state index in [0.29, 0.717) is 0 Å². The lowest BCUT2D eigenvalue weighted by Gasteiger charge is -2.32. The van der Waals surface area contributed by atoms with Crippen molar-refractivity contribution in [3.8, 4) is 0 Å². The maximum absolute atomic E-state index is 5.89. The Morgan fingerprint density at radius 1 is 1.41 bits per heavy atom. The maximum Gasteiger partial charge on any atom is 0.0543 e. The lowest BCUT2D eigenvalue weighted by atomic mass is 9.85. The molecule has 1 heterocycles. The minimum Gasteiger partial charge on any atom is -0.330 e. The van der Waals surface area contributed by atoms with E-state index in [4.69, 9.17) is 5.73 Å². The first-order chi connectivity index (χ1) is 8.09. The highest BCUT2D eigenvalue weighted by Crippen LogP contribution is 2.23. The van der Waals surface area contributed by atoms with Gasteiger partial charge in [-0.15, -0.1) is 0 Å². The van der Waals surface area contributed by atoms with Crippen LogP contribution in [0.4, 0.5) is 0 Å². The molecule has 1 unspecified atom stereocenters. The van der Waals surface area contributed by atoms with Gasteiger partial charge in [0.2, 0.25) is 0 Å². The fourth-order valence-electron chi connectivity index (χ4n) is 2.32. The Labute approximate surface area is 105 Å². The summed E-state index contributed by atoms with van der Waals surface area (Å²) in [4.78, 5) is 6.66. The molecule has 0 aromatic carbocycles. The summed E-state index contributed by atoms with van der Waals surface area (Å²) >= 11 is 0. The molecule has 0 saturated carbocycles. The summed E-state index contributed by atoms with van der Waals surface area (Å²) < 4.78 is 0. The molecule has 0 radical (unpaired) electrons. The summed E-state index contributed by atoms with van der Waals surface area (Å²) in [5.74, 6) is 0. The van der Waals surface area contributed by atoms with E-state index < -0.39 is 0 Å². The van der Waals surface area contributed by atoms with E-state index in [1.165, 1.54) is 12.8 Å². The van der Waals surface area contributed by atoms with Crippen molar-refractivity contribution in [2.75, 3.05) is 20.1 Å². The first-order valence-corrected chi connectivity index (χ1v) is 6.38. The van der Waals surface area contributed by atoms with Gasteiger partial charge in [-0.25, -0.2) is 0 Å². The van der Waals surface area contributed by atoms with Crippen LogP contribution in [0, 0.1) is 5.41 Å². The van der Waals surface area contributed by atoms with Gasteiger partial charge in [-0.3, -0.25) is 9.88 Å². The van der Waals surface area contributed by atoms with Gasteiger partial charge < -0.3 is 5.73 Å². The second-order valence-electron chi connectivity index (χ2n) is 5.26. The number of nitrogens with two attached hydrogens (primary N) is 1. The van der Waals surface area contributed by atoms with Crippen molar-refractivity contribution in [3.63, 3.8) is 0 Å². The van der Waals surface area contributed by atoms with Gasteiger partial charge in [0.25, 0.3) is 0 Å². The third-order valence-electron chi connectivity index (χ3n) is 3.16. The third kappa shape index (κ3) is 4.84. The lowest BCUT2D eigenvalue weighted by molar-refractivity contribution is 0.178. The van der Waals surface area contributed by atoms with Crippen molar-refractivity contribution in [1.29, 1.82) is 0 Å².